The van der Waals surface area contributed by atoms with E-state index in [-0.39, 0.29) is 16.1 Å². The third-order valence-corrected chi connectivity index (χ3v) is 3.76. The Morgan fingerprint density at radius 3 is 2.80 bits per heavy atom. The summed E-state index contributed by atoms with van der Waals surface area (Å²) in [6.45, 7) is 7.92. The van der Waals surface area contributed by atoms with Crippen molar-refractivity contribution in [3.8, 4) is 0 Å². The molecule has 1 aliphatic rings. The molecule has 0 amide bonds. The fourth-order valence-electron chi connectivity index (χ4n) is 2.63. The molecule has 1 saturated heterocycles. The van der Waals surface area contributed by atoms with Gasteiger partial charge in [0.05, 0.1) is 4.92 Å². The van der Waals surface area contributed by atoms with Crippen LogP contribution in [0.3, 0.4) is 0 Å². The molecule has 1 aliphatic heterocycles. The second kappa shape index (κ2) is 5.64. The van der Waals surface area contributed by atoms with Crippen molar-refractivity contribution in [3.05, 3.63) is 22.2 Å². The van der Waals surface area contributed by atoms with Gasteiger partial charge in [-0.15, -0.1) is 0 Å². The van der Waals surface area contributed by atoms with Crippen LogP contribution in [0.1, 0.15) is 40.0 Å². The largest absolute Gasteiger partial charge is 0.370 e. The van der Waals surface area contributed by atoms with E-state index in [0.29, 0.717) is 11.6 Å². The predicted molar refractivity (Wildman–Crippen MR) is 80.3 cm³/mol. The van der Waals surface area contributed by atoms with Gasteiger partial charge >= 0.3 is 5.69 Å². The molecule has 6 nitrogen and oxygen atoms in total. The summed E-state index contributed by atoms with van der Waals surface area (Å²) in [7, 11) is 0. The number of hydrogen-bond acceptors (Lipinski definition) is 5. The normalized spacial score (nSPS) is 17.2. The van der Waals surface area contributed by atoms with E-state index in [1.54, 1.807) is 12.1 Å². The Labute approximate surface area is 119 Å². The van der Waals surface area contributed by atoms with Crippen LogP contribution in [0.2, 0.25) is 0 Å². The molecular weight excluding hydrogens is 256 g/mol. The van der Waals surface area contributed by atoms with E-state index in [2.05, 4.69) is 36.0 Å². The molecule has 2 heterocycles. The number of pyridine rings is 1. The first kappa shape index (κ1) is 14.6. The van der Waals surface area contributed by atoms with Crippen molar-refractivity contribution in [3.63, 3.8) is 0 Å². The zero-order chi connectivity index (χ0) is 14.8. The molecule has 0 bridgehead atoms. The standard InChI is InChI=1S/C14H22N4O2/c1-4-9-15-12-7-6-11(18(19)20)13(16-12)17-10-5-8-14(17,2)3/h6-7H,4-5,8-10H2,1-3H3,(H,15,16). The summed E-state index contributed by atoms with van der Waals surface area (Å²) in [6, 6.07) is 3.23. The average Bonchev–Trinajstić information content (AvgIpc) is 2.75. The Balaban J connectivity index is 2.39. The molecule has 1 fully saturated rings. The number of rotatable bonds is 5. The van der Waals surface area contributed by atoms with Crippen LogP contribution < -0.4 is 10.2 Å². The van der Waals surface area contributed by atoms with E-state index in [9.17, 15) is 10.1 Å². The second-order valence-electron chi connectivity index (χ2n) is 5.79. The van der Waals surface area contributed by atoms with Crippen LogP contribution in [0.15, 0.2) is 12.1 Å². The number of nitrogens with one attached hydrogen (secondary N) is 1. The van der Waals surface area contributed by atoms with Crippen LogP contribution in [0.5, 0.6) is 0 Å². The summed E-state index contributed by atoms with van der Waals surface area (Å²) in [6.07, 6.45) is 3.06. The maximum Gasteiger partial charge on any atom is 0.311 e. The Bertz CT molecular complexity index is 502. The van der Waals surface area contributed by atoms with Gasteiger partial charge in [-0.2, -0.15) is 0 Å². The second-order valence-corrected chi connectivity index (χ2v) is 5.79. The molecule has 110 valence electrons. The number of nitrogens with zero attached hydrogens (tertiary/aromatic N) is 3. The maximum atomic E-state index is 11.2. The Morgan fingerprint density at radius 2 is 2.25 bits per heavy atom. The monoisotopic (exact) mass is 278 g/mol. The Hall–Kier alpha value is -1.85. The number of aromatic nitrogens is 1. The molecule has 0 radical (unpaired) electrons. The molecule has 1 aromatic rings. The van der Waals surface area contributed by atoms with Gasteiger partial charge in [-0.05, 0) is 39.2 Å². The molecule has 0 unspecified atom stereocenters. The highest BCUT2D eigenvalue weighted by atomic mass is 16.6. The summed E-state index contributed by atoms with van der Waals surface area (Å²) in [5, 5.41) is 14.4. The molecule has 6 heteroatoms. The zero-order valence-corrected chi connectivity index (χ0v) is 12.3. The van der Waals surface area contributed by atoms with Gasteiger partial charge in [0.15, 0.2) is 0 Å². The fourth-order valence-corrected chi connectivity index (χ4v) is 2.63. The third-order valence-electron chi connectivity index (χ3n) is 3.76. The first-order chi connectivity index (χ1) is 9.45. The van der Waals surface area contributed by atoms with Crippen LogP contribution in [0.4, 0.5) is 17.3 Å². The molecule has 0 aromatic carbocycles. The molecule has 1 N–H and O–H groups in total. The van der Waals surface area contributed by atoms with Crippen molar-refractivity contribution in [2.75, 3.05) is 23.3 Å². The van der Waals surface area contributed by atoms with E-state index < -0.39 is 0 Å². The quantitative estimate of drug-likeness (QED) is 0.661. The highest BCUT2D eigenvalue weighted by Crippen LogP contribution is 2.37. The maximum absolute atomic E-state index is 11.2. The van der Waals surface area contributed by atoms with E-state index in [1.165, 1.54) is 0 Å². The van der Waals surface area contributed by atoms with Gasteiger partial charge in [0, 0.05) is 24.7 Å². The molecule has 0 atom stereocenters. The van der Waals surface area contributed by atoms with Crippen LogP contribution in [0, 0.1) is 10.1 Å². The van der Waals surface area contributed by atoms with Gasteiger partial charge in [-0.3, -0.25) is 10.1 Å². The van der Waals surface area contributed by atoms with Gasteiger partial charge in [-0.1, -0.05) is 6.92 Å². The lowest BCUT2D eigenvalue weighted by atomic mass is 10.0. The molecule has 2 rings (SSSR count). The van der Waals surface area contributed by atoms with Gasteiger partial charge in [0.2, 0.25) is 5.82 Å². The lowest BCUT2D eigenvalue weighted by Gasteiger charge is -2.32. The number of nitro groups is 1. The minimum absolute atomic E-state index is 0.0822. The molecular formula is C14H22N4O2. The lowest BCUT2D eigenvalue weighted by molar-refractivity contribution is -0.384. The molecule has 20 heavy (non-hydrogen) atoms. The third kappa shape index (κ3) is 2.84. The fraction of sp³-hybridized carbons (Fsp3) is 0.643. The Morgan fingerprint density at radius 1 is 1.50 bits per heavy atom. The van der Waals surface area contributed by atoms with Crippen molar-refractivity contribution in [2.24, 2.45) is 0 Å². The summed E-state index contributed by atoms with van der Waals surface area (Å²) in [5.41, 5.74) is 0.00300. The summed E-state index contributed by atoms with van der Waals surface area (Å²) < 4.78 is 0. The van der Waals surface area contributed by atoms with Crippen LogP contribution in [-0.2, 0) is 0 Å². The van der Waals surface area contributed by atoms with E-state index in [1.807, 2.05) is 0 Å². The van der Waals surface area contributed by atoms with Gasteiger partial charge in [0.1, 0.15) is 5.82 Å². The lowest BCUT2D eigenvalue weighted by Crippen LogP contribution is -2.39. The summed E-state index contributed by atoms with van der Waals surface area (Å²) >= 11 is 0. The SMILES string of the molecule is CCCNc1ccc([N+](=O)[O-])c(N2CCCC2(C)C)n1. The molecule has 0 aliphatic carbocycles. The highest BCUT2D eigenvalue weighted by Gasteiger charge is 2.36. The highest BCUT2D eigenvalue weighted by molar-refractivity contribution is 5.63. The summed E-state index contributed by atoms with van der Waals surface area (Å²) in [4.78, 5) is 17.4. The number of hydrogen-bond donors (Lipinski definition) is 1. The molecule has 0 spiro atoms. The first-order valence-electron chi connectivity index (χ1n) is 7.12. The summed E-state index contributed by atoms with van der Waals surface area (Å²) in [5.74, 6) is 1.19. The van der Waals surface area contributed by atoms with E-state index >= 15 is 0 Å². The van der Waals surface area contributed by atoms with Crippen LogP contribution in [-0.4, -0.2) is 28.5 Å². The van der Waals surface area contributed by atoms with Gasteiger partial charge in [-0.25, -0.2) is 4.98 Å². The van der Waals surface area contributed by atoms with Gasteiger partial charge in [0.25, 0.3) is 0 Å². The first-order valence-corrected chi connectivity index (χ1v) is 7.12. The van der Waals surface area contributed by atoms with E-state index in [0.717, 1.165) is 32.4 Å². The zero-order valence-electron chi connectivity index (χ0n) is 12.3. The Kier molecular flexibility index (Phi) is 4.11. The van der Waals surface area contributed by atoms with Crippen molar-refractivity contribution in [2.45, 2.75) is 45.6 Å². The molecule has 1 aromatic heterocycles. The molecule has 0 saturated carbocycles. The smallest absolute Gasteiger partial charge is 0.311 e. The van der Waals surface area contributed by atoms with Crippen LogP contribution >= 0.6 is 0 Å². The van der Waals surface area contributed by atoms with Crippen LogP contribution in [0.25, 0.3) is 0 Å². The van der Waals surface area contributed by atoms with Crippen molar-refractivity contribution in [1.82, 2.24) is 4.98 Å². The van der Waals surface area contributed by atoms with Crippen molar-refractivity contribution in [1.29, 1.82) is 0 Å². The minimum Gasteiger partial charge on any atom is -0.370 e. The van der Waals surface area contributed by atoms with Crippen molar-refractivity contribution >= 4 is 17.3 Å². The van der Waals surface area contributed by atoms with Gasteiger partial charge < -0.3 is 10.2 Å². The average molecular weight is 278 g/mol. The topological polar surface area (TPSA) is 71.3 Å². The minimum atomic E-state index is -0.347. The number of anilines is 2. The van der Waals surface area contributed by atoms with Crippen molar-refractivity contribution < 1.29 is 4.92 Å². The van der Waals surface area contributed by atoms with E-state index in [4.69, 9.17) is 0 Å². The predicted octanol–water partition coefficient (Wildman–Crippen LogP) is 3.19.